The first kappa shape index (κ1) is 22.0. The maximum absolute atomic E-state index is 12.8. The zero-order valence-electron chi connectivity index (χ0n) is 13.1. The van der Waals surface area contributed by atoms with Crippen molar-refractivity contribution in [1.29, 1.82) is 0 Å². The lowest BCUT2D eigenvalue weighted by molar-refractivity contribution is -0.523. The van der Waals surface area contributed by atoms with Crippen molar-refractivity contribution < 1.29 is 47.8 Å². The molecule has 1 rings (SSSR count). The smallest absolute Gasteiger partial charge is 0.264 e. The molecule has 25 heavy (non-hydrogen) atoms. The fraction of sp³-hybridized carbons (Fsp3) is 0.909. The van der Waals surface area contributed by atoms with Gasteiger partial charge in [-0.15, -0.1) is 0 Å². The number of unbranched alkanes of at least 4 members (excludes halogenated alkanes) is 2. The van der Waals surface area contributed by atoms with Crippen molar-refractivity contribution >= 4 is 25.9 Å². The number of hydrogen-bond acceptors (Lipinski definition) is 4. The molecule has 0 saturated heterocycles. The van der Waals surface area contributed by atoms with Crippen LogP contribution in [0.3, 0.4) is 0 Å². The molecular formula is C11H17F6N2O4S2+. The first-order chi connectivity index (χ1) is 11.2. The quantitative estimate of drug-likeness (QED) is 0.377. The minimum absolute atomic E-state index is 0.0314. The van der Waals surface area contributed by atoms with E-state index in [1.54, 1.807) is 0 Å². The normalized spacial score (nSPS) is 17.2. The fourth-order valence-electron chi connectivity index (χ4n) is 2.31. The number of sulfonamides is 2. The Balaban J connectivity index is 3.56. The highest BCUT2D eigenvalue weighted by Gasteiger charge is 2.68. The van der Waals surface area contributed by atoms with Crippen LogP contribution in [0.15, 0.2) is 0 Å². The van der Waals surface area contributed by atoms with Gasteiger partial charge in [-0.1, -0.05) is 13.3 Å². The molecule has 1 aliphatic heterocycles. The molecule has 0 bridgehead atoms. The summed E-state index contributed by atoms with van der Waals surface area (Å²) in [5, 5.41) is 0. The molecule has 0 radical (unpaired) electrons. The Bertz CT molecular complexity index is 681. The van der Waals surface area contributed by atoms with Crippen molar-refractivity contribution in [2.24, 2.45) is 0 Å². The molecule has 0 spiro atoms. The largest absolute Gasteiger partial charge is 0.538 e. The SMILES string of the molecule is CCCCC[N+]1=C(N(S(=O)(=O)C(F)(F)F)S(=O)(=O)C(F)(F)F)CCC1. The van der Waals surface area contributed by atoms with Crippen molar-refractivity contribution in [2.45, 2.75) is 50.0 Å². The second-order valence-corrected chi connectivity index (χ2v) is 9.10. The summed E-state index contributed by atoms with van der Waals surface area (Å²) in [7, 11) is -13.6. The average Bonchev–Trinajstić information content (AvgIpc) is 2.84. The standard InChI is InChI=1S/C11H17F6N2O4S2/c1-2-3-4-7-18-8-5-6-9(18)19(24(20,21)10(12,13)14)25(22,23)11(15,16)17/h2-8H2,1H3/q+1. The molecule has 14 heteroatoms. The highest BCUT2D eigenvalue weighted by Crippen LogP contribution is 2.36. The first-order valence-corrected chi connectivity index (χ1v) is 10.1. The Morgan fingerprint density at radius 3 is 1.84 bits per heavy atom. The second kappa shape index (κ2) is 7.29. The summed E-state index contributed by atoms with van der Waals surface area (Å²) in [6.07, 6.45) is 1.18. The zero-order chi connectivity index (χ0) is 19.7. The molecule has 0 amide bonds. The molecule has 6 nitrogen and oxygen atoms in total. The minimum Gasteiger partial charge on any atom is -0.264 e. The Hall–Kier alpha value is -1.05. The molecule has 0 aromatic carbocycles. The summed E-state index contributed by atoms with van der Waals surface area (Å²) < 4.78 is 123. The van der Waals surface area contributed by atoms with Crippen molar-refractivity contribution in [3.63, 3.8) is 0 Å². The summed E-state index contributed by atoms with van der Waals surface area (Å²) in [5.41, 5.74) is -12.4. The van der Waals surface area contributed by atoms with Gasteiger partial charge in [0.15, 0.2) is 0 Å². The fourth-order valence-corrected chi connectivity index (χ4v) is 5.20. The summed E-state index contributed by atoms with van der Waals surface area (Å²) >= 11 is 0. The number of amidine groups is 1. The molecule has 1 heterocycles. The number of alkyl halides is 6. The van der Waals surface area contributed by atoms with Gasteiger partial charge in [0.25, 0.3) is 5.84 Å². The number of nitrogens with zero attached hydrogens (tertiary/aromatic N) is 2. The Kier molecular flexibility index (Phi) is 6.41. The van der Waals surface area contributed by atoms with E-state index in [2.05, 4.69) is 0 Å². The topological polar surface area (TPSA) is 74.5 Å². The van der Waals surface area contributed by atoms with Crippen LogP contribution in [0, 0.1) is 0 Å². The maximum Gasteiger partial charge on any atom is 0.538 e. The number of hydrogen-bond donors (Lipinski definition) is 0. The van der Waals surface area contributed by atoms with Gasteiger partial charge in [-0.2, -0.15) is 43.2 Å². The van der Waals surface area contributed by atoms with Crippen LogP contribution in [0.25, 0.3) is 0 Å². The predicted octanol–water partition coefficient (Wildman–Crippen LogP) is 2.38. The molecule has 0 saturated carbocycles. The average molecular weight is 419 g/mol. The van der Waals surface area contributed by atoms with Crippen LogP contribution in [-0.2, 0) is 20.0 Å². The molecule has 0 aromatic heterocycles. The lowest BCUT2D eigenvalue weighted by atomic mass is 10.2. The van der Waals surface area contributed by atoms with Crippen molar-refractivity contribution in [3.8, 4) is 0 Å². The van der Waals surface area contributed by atoms with Crippen LogP contribution < -0.4 is 0 Å². The molecule has 148 valence electrons. The summed E-state index contributed by atoms with van der Waals surface area (Å²) in [6, 6.07) is 0. The summed E-state index contributed by atoms with van der Waals surface area (Å²) in [4.78, 5) is 0. The lowest BCUT2D eigenvalue weighted by Gasteiger charge is -2.20. The molecule has 0 N–H and O–H groups in total. The van der Waals surface area contributed by atoms with Gasteiger partial charge in [0.1, 0.15) is 0 Å². The van der Waals surface area contributed by atoms with Gasteiger partial charge < -0.3 is 0 Å². The van der Waals surface area contributed by atoms with E-state index in [4.69, 9.17) is 0 Å². The van der Waals surface area contributed by atoms with Gasteiger partial charge in [0.05, 0.1) is 19.5 Å². The highest BCUT2D eigenvalue weighted by molar-refractivity contribution is 8.05. The second-order valence-electron chi connectivity index (χ2n) is 5.31. The molecule has 0 fully saturated rings. The third kappa shape index (κ3) is 4.38. The van der Waals surface area contributed by atoms with E-state index in [-0.39, 0.29) is 19.5 Å². The molecule has 0 atom stereocenters. The molecule has 0 aromatic rings. The number of rotatable bonds is 6. The van der Waals surface area contributed by atoms with Crippen LogP contribution in [-0.4, -0.2) is 55.1 Å². The monoisotopic (exact) mass is 419 g/mol. The van der Waals surface area contributed by atoms with E-state index in [9.17, 15) is 43.2 Å². The van der Waals surface area contributed by atoms with Gasteiger partial charge in [0.2, 0.25) is 0 Å². The first-order valence-electron chi connectivity index (χ1n) is 7.21. The molecule has 0 unspecified atom stereocenters. The van der Waals surface area contributed by atoms with Gasteiger partial charge in [-0.3, -0.25) is 4.58 Å². The van der Waals surface area contributed by atoms with Gasteiger partial charge in [0, 0.05) is 0 Å². The van der Waals surface area contributed by atoms with E-state index in [1.165, 1.54) is 0 Å². The van der Waals surface area contributed by atoms with Crippen LogP contribution in [0.1, 0.15) is 39.0 Å². The van der Waals surface area contributed by atoms with E-state index in [1.807, 2.05) is 6.92 Å². The van der Waals surface area contributed by atoms with Crippen molar-refractivity contribution in [3.05, 3.63) is 0 Å². The molecular weight excluding hydrogens is 402 g/mol. The minimum atomic E-state index is -6.78. The van der Waals surface area contributed by atoms with E-state index < -0.39 is 47.0 Å². The van der Waals surface area contributed by atoms with Gasteiger partial charge in [-0.25, -0.2) is 0 Å². The molecule has 0 aliphatic carbocycles. The lowest BCUT2D eigenvalue weighted by Crippen LogP contribution is -2.53. The zero-order valence-corrected chi connectivity index (χ0v) is 14.7. The highest BCUT2D eigenvalue weighted by atomic mass is 32.3. The van der Waals surface area contributed by atoms with Crippen LogP contribution >= 0.6 is 0 Å². The van der Waals surface area contributed by atoms with Gasteiger partial charge >= 0.3 is 31.1 Å². The van der Waals surface area contributed by atoms with Crippen LogP contribution in [0.4, 0.5) is 26.3 Å². The third-order valence-electron chi connectivity index (χ3n) is 3.46. The van der Waals surface area contributed by atoms with Gasteiger partial charge in [-0.05, 0) is 23.0 Å². The summed E-state index contributed by atoms with van der Waals surface area (Å²) in [6.45, 7) is 1.74. The Morgan fingerprint density at radius 1 is 0.960 bits per heavy atom. The Morgan fingerprint density at radius 2 is 1.44 bits per heavy atom. The van der Waals surface area contributed by atoms with E-state index in [0.717, 1.165) is 4.58 Å². The van der Waals surface area contributed by atoms with Crippen LogP contribution in [0.5, 0.6) is 0 Å². The Labute approximate surface area is 141 Å². The van der Waals surface area contributed by atoms with Crippen molar-refractivity contribution in [1.82, 2.24) is 3.71 Å². The van der Waals surface area contributed by atoms with Crippen molar-refractivity contribution in [2.75, 3.05) is 13.1 Å². The number of halogens is 6. The van der Waals surface area contributed by atoms with Crippen LogP contribution in [0.2, 0.25) is 0 Å². The van der Waals surface area contributed by atoms with E-state index in [0.29, 0.717) is 19.3 Å². The molecule has 1 aliphatic rings. The van der Waals surface area contributed by atoms with E-state index >= 15 is 0 Å². The third-order valence-corrected chi connectivity index (χ3v) is 7.10. The predicted molar refractivity (Wildman–Crippen MR) is 75.5 cm³/mol. The maximum atomic E-state index is 12.8. The summed E-state index contributed by atoms with van der Waals surface area (Å²) in [5.74, 6) is -1.02.